The number of aromatic nitrogens is 5. The first-order valence-electron chi connectivity index (χ1n) is 11.9. The van der Waals surface area contributed by atoms with Crippen LogP contribution in [0.3, 0.4) is 0 Å². The van der Waals surface area contributed by atoms with Crippen molar-refractivity contribution in [1.82, 2.24) is 30.0 Å². The number of hydrogen-bond donors (Lipinski definition) is 2. The highest BCUT2D eigenvalue weighted by Crippen LogP contribution is 2.34. The van der Waals surface area contributed by atoms with Gasteiger partial charge in [-0.1, -0.05) is 55.5 Å². The van der Waals surface area contributed by atoms with Crippen LogP contribution in [0.2, 0.25) is 0 Å². The highest BCUT2D eigenvalue weighted by molar-refractivity contribution is 14.1. The van der Waals surface area contributed by atoms with Crippen molar-refractivity contribution in [2.24, 2.45) is 0 Å². The molecule has 4 aromatic rings. The molecular formula is C26H28IN7OS. The average Bonchev–Trinajstić information content (AvgIpc) is 3.54. The normalized spacial score (nSPS) is 15.4. The van der Waals surface area contributed by atoms with Gasteiger partial charge in [0, 0.05) is 23.2 Å². The van der Waals surface area contributed by atoms with E-state index in [1.165, 1.54) is 22.5 Å². The Balaban J connectivity index is 1.33. The zero-order valence-electron chi connectivity index (χ0n) is 20.5. The van der Waals surface area contributed by atoms with Crippen molar-refractivity contribution in [1.29, 1.82) is 0 Å². The molecule has 3 aromatic heterocycles. The molecule has 0 saturated carbocycles. The van der Waals surface area contributed by atoms with Crippen molar-refractivity contribution in [2.45, 2.75) is 56.0 Å². The lowest BCUT2D eigenvalue weighted by atomic mass is 9.86. The number of aryl methyl sites for hydroxylation is 1. The number of hydrogen-bond acceptors (Lipinski definition) is 7. The summed E-state index contributed by atoms with van der Waals surface area (Å²) < 4.78 is 2.63. The maximum atomic E-state index is 13.0. The topological polar surface area (TPSA) is 97.6 Å². The second-order valence-electron chi connectivity index (χ2n) is 9.91. The molecule has 1 aliphatic carbocycles. The van der Waals surface area contributed by atoms with Gasteiger partial charge in [0.2, 0.25) is 0 Å². The second kappa shape index (κ2) is 10.3. The summed E-state index contributed by atoms with van der Waals surface area (Å²) in [5, 5.41) is 11.8. The maximum Gasteiger partial charge on any atom is 0.263 e. The average molecular weight is 614 g/mol. The van der Waals surface area contributed by atoms with Crippen LogP contribution >= 0.6 is 33.9 Å². The fourth-order valence-corrected chi connectivity index (χ4v) is 5.55. The molecule has 0 spiro atoms. The number of amides is 1. The van der Waals surface area contributed by atoms with Crippen LogP contribution in [0.15, 0.2) is 49.2 Å². The van der Waals surface area contributed by atoms with Crippen molar-refractivity contribution in [2.75, 3.05) is 5.32 Å². The lowest BCUT2D eigenvalue weighted by molar-refractivity contribution is 0.0936. The number of nitrogens with one attached hydrogen (secondary N) is 2. The Hall–Kier alpha value is -2.86. The van der Waals surface area contributed by atoms with Gasteiger partial charge in [0.1, 0.15) is 17.0 Å². The number of rotatable bonds is 6. The van der Waals surface area contributed by atoms with Gasteiger partial charge < -0.3 is 10.6 Å². The molecule has 2 N–H and O–H groups in total. The van der Waals surface area contributed by atoms with Crippen LogP contribution in [-0.4, -0.2) is 30.6 Å². The SMILES string of the molecule is CC(C)(C)c1ncc(C(=O)NC2CCCc3cc(-c4cc(Nc5cnn(CI)c5)ncn4)ccc32)s1. The minimum Gasteiger partial charge on any atom is -0.344 e. The molecule has 1 atom stereocenters. The third-order valence-corrected chi connectivity index (χ3v) is 8.25. The number of fused-ring (bicyclic) bond motifs is 1. The van der Waals surface area contributed by atoms with E-state index in [1.807, 2.05) is 16.9 Å². The van der Waals surface area contributed by atoms with Gasteiger partial charge in [-0.25, -0.2) is 15.0 Å². The smallest absolute Gasteiger partial charge is 0.263 e. The molecule has 5 rings (SSSR count). The third-order valence-electron chi connectivity index (χ3n) is 6.12. The highest BCUT2D eigenvalue weighted by Gasteiger charge is 2.25. The number of nitrogens with zero attached hydrogens (tertiary/aromatic N) is 5. The van der Waals surface area contributed by atoms with Gasteiger partial charge in [-0.3, -0.25) is 9.48 Å². The van der Waals surface area contributed by atoms with E-state index in [2.05, 4.69) is 92.2 Å². The van der Waals surface area contributed by atoms with E-state index >= 15 is 0 Å². The largest absolute Gasteiger partial charge is 0.344 e. The van der Waals surface area contributed by atoms with Crippen LogP contribution in [0.25, 0.3) is 11.3 Å². The summed E-state index contributed by atoms with van der Waals surface area (Å²) in [5.74, 6) is 0.664. The van der Waals surface area contributed by atoms with Gasteiger partial charge in [0.05, 0.1) is 39.4 Å². The van der Waals surface area contributed by atoms with Gasteiger partial charge in [-0.2, -0.15) is 5.10 Å². The maximum absolute atomic E-state index is 13.0. The molecule has 1 amide bonds. The number of thiazole rings is 1. The van der Waals surface area contributed by atoms with Crippen LogP contribution in [0.4, 0.5) is 11.5 Å². The Morgan fingerprint density at radius 2 is 2.06 bits per heavy atom. The van der Waals surface area contributed by atoms with Crippen LogP contribution < -0.4 is 10.6 Å². The molecule has 1 aromatic carbocycles. The molecule has 1 unspecified atom stereocenters. The number of carbonyl (C=O) groups excluding carboxylic acids is 1. The third kappa shape index (κ3) is 5.44. The Morgan fingerprint density at radius 3 is 2.81 bits per heavy atom. The molecular weight excluding hydrogens is 585 g/mol. The lowest BCUT2D eigenvalue weighted by Gasteiger charge is -2.26. The molecule has 0 radical (unpaired) electrons. The number of alkyl halides is 1. The number of benzene rings is 1. The van der Waals surface area contributed by atoms with Gasteiger partial charge in [0.15, 0.2) is 0 Å². The Morgan fingerprint density at radius 1 is 1.19 bits per heavy atom. The first kappa shape index (κ1) is 24.8. The fourth-order valence-electron chi connectivity index (χ4n) is 4.30. The van der Waals surface area contributed by atoms with Gasteiger partial charge in [-0.05, 0) is 36.5 Å². The lowest BCUT2D eigenvalue weighted by Crippen LogP contribution is -2.30. The molecule has 0 bridgehead atoms. The summed E-state index contributed by atoms with van der Waals surface area (Å²) in [6, 6.07) is 8.34. The van der Waals surface area contributed by atoms with E-state index in [-0.39, 0.29) is 17.4 Å². The fraction of sp³-hybridized carbons (Fsp3) is 0.346. The summed E-state index contributed by atoms with van der Waals surface area (Å²) in [6.07, 6.45) is 9.92. The number of anilines is 2. The van der Waals surface area contributed by atoms with Gasteiger partial charge in [-0.15, -0.1) is 11.3 Å². The van der Waals surface area contributed by atoms with Crippen LogP contribution in [0.1, 0.15) is 65.5 Å². The van der Waals surface area contributed by atoms with Crippen LogP contribution in [0, 0.1) is 0 Å². The van der Waals surface area contributed by atoms with E-state index in [0.29, 0.717) is 4.88 Å². The Labute approximate surface area is 228 Å². The minimum atomic E-state index is -0.0649. The summed E-state index contributed by atoms with van der Waals surface area (Å²) in [7, 11) is 0. The van der Waals surface area contributed by atoms with Gasteiger partial charge in [0.25, 0.3) is 5.91 Å². The molecule has 0 aliphatic heterocycles. The first-order chi connectivity index (χ1) is 17.3. The van der Waals surface area contributed by atoms with E-state index in [1.54, 1.807) is 18.7 Å². The summed E-state index contributed by atoms with van der Waals surface area (Å²) in [6.45, 7) is 6.33. The van der Waals surface area contributed by atoms with E-state index in [0.717, 1.165) is 51.6 Å². The minimum absolute atomic E-state index is 0.00689. The Bertz CT molecular complexity index is 1390. The number of halogens is 1. The molecule has 186 valence electrons. The monoisotopic (exact) mass is 613 g/mol. The summed E-state index contributed by atoms with van der Waals surface area (Å²) in [5.41, 5.74) is 5.13. The zero-order valence-corrected chi connectivity index (χ0v) is 23.4. The highest BCUT2D eigenvalue weighted by atomic mass is 127. The molecule has 0 saturated heterocycles. The second-order valence-corrected chi connectivity index (χ2v) is 11.6. The van der Waals surface area contributed by atoms with E-state index < -0.39 is 0 Å². The van der Waals surface area contributed by atoms with Crippen molar-refractivity contribution >= 4 is 51.3 Å². The molecule has 1 aliphatic rings. The van der Waals surface area contributed by atoms with Crippen LogP contribution in [0.5, 0.6) is 0 Å². The van der Waals surface area contributed by atoms with Gasteiger partial charge >= 0.3 is 0 Å². The molecule has 10 heteroatoms. The van der Waals surface area contributed by atoms with Crippen LogP contribution in [-0.2, 0) is 16.4 Å². The van der Waals surface area contributed by atoms with Crippen molar-refractivity contribution in [3.8, 4) is 11.3 Å². The first-order valence-corrected chi connectivity index (χ1v) is 14.2. The Kier molecular flexibility index (Phi) is 7.07. The van der Waals surface area contributed by atoms with E-state index in [9.17, 15) is 4.79 Å². The predicted octanol–water partition coefficient (Wildman–Crippen LogP) is 6.04. The standard InChI is InChI=1S/C26H28IN7OS/c1-26(2,3)25-28-12-22(36-25)24(35)33-20-6-4-5-16-9-17(7-8-19(16)20)21-10-23(30-15-29-21)32-18-11-31-34(13-18)14-27/h7-13,15,20H,4-6,14H2,1-3H3,(H,33,35)(H,29,30,32). The molecule has 3 heterocycles. The molecule has 0 fully saturated rings. The predicted molar refractivity (Wildman–Crippen MR) is 151 cm³/mol. The summed E-state index contributed by atoms with van der Waals surface area (Å²) in [4.78, 5) is 27.0. The van der Waals surface area contributed by atoms with Crippen molar-refractivity contribution in [3.63, 3.8) is 0 Å². The quantitative estimate of drug-likeness (QED) is 0.204. The van der Waals surface area contributed by atoms with Crippen molar-refractivity contribution < 1.29 is 4.79 Å². The molecule has 36 heavy (non-hydrogen) atoms. The number of carbonyl (C=O) groups is 1. The summed E-state index contributed by atoms with van der Waals surface area (Å²) >= 11 is 3.74. The van der Waals surface area contributed by atoms with Crippen molar-refractivity contribution in [3.05, 3.63) is 70.2 Å². The molecule has 8 nitrogen and oxygen atoms in total. The van der Waals surface area contributed by atoms with E-state index in [4.69, 9.17) is 0 Å². The zero-order chi connectivity index (χ0) is 25.3.